The molecule has 0 N–H and O–H groups in total. The van der Waals surface area contributed by atoms with Crippen LogP contribution in [0.25, 0.3) is 0 Å². The second-order valence-corrected chi connectivity index (χ2v) is 4.15. The molecule has 2 bridgehead atoms. The molecule has 0 amide bonds. The molecule has 0 spiro atoms. The molecule has 1 aliphatic carbocycles. The highest BCUT2D eigenvalue weighted by Gasteiger charge is 2.44. The summed E-state index contributed by atoms with van der Waals surface area (Å²) in [5, 5.41) is 0. The van der Waals surface area contributed by atoms with E-state index in [0.717, 1.165) is 13.1 Å². The summed E-state index contributed by atoms with van der Waals surface area (Å²) >= 11 is 0. The van der Waals surface area contributed by atoms with Crippen molar-refractivity contribution in [3.05, 3.63) is 0 Å². The monoisotopic (exact) mass is 167 g/mol. The van der Waals surface area contributed by atoms with E-state index in [9.17, 15) is 4.79 Å². The van der Waals surface area contributed by atoms with E-state index >= 15 is 0 Å². The largest absolute Gasteiger partial charge is 0.302 e. The minimum atomic E-state index is 0.417. The van der Waals surface area contributed by atoms with Crippen LogP contribution in [0.1, 0.15) is 26.2 Å². The van der Waals surface area contributed by atoms with Gasteiger partial charge in [0.15, 0.2) is 0 Å². The van der Waals surface area contributed by atoms with E-state index in [0.29, 0.717) is 17.6 Å². The fourth-order valence-corrected chi connectivity index (χ4v) is 2.34. The first-order valence-corrected chi connectivity index (χ1v) is 5.07. The van der Waals surface area contributed by atoms with Crippen molar-refractivity contribution in [1.82, 2.24) is 4.90 Å². The topological polar surface area (TPSA) is 20.3 Å². The minimum Gasteiger partial charge on any atom is -0.302 e. The van der Waals surface area contributed by atoms with Crippen molar-refractivity contribution in [3.8, 4) is 0 Å². The van der Waals surface area contributed by atoms with Gasteiger partial charge in [-0.15, -0.1) is 0 Å². The predicted molar refractivity (Wildman–Crippen MR) is 48.0 cm³/mol. The molecule has 0 aromatic rings. The van der Waals surface area contributed by atoms with Gasteiger partial charge >= 0.3 is 0 Å². The molecule has 68 valence electrons. The number of piperidine rings is 2. The van der Waals surface area contributed by atoms with Gasteiger partial charge in [0, 0.05) is 24.9 Å². The summed E-state index contributed by atoms with van der Waals surface area (Å²) in [5.41, 5.74) is 0. The Kier molecular flexibility index (Phi) is 2.18. The number of rotatable bonds is 3. The van der Waals surface area contributed by atoms with Crippen molar-refractivity contribution in [2.24, 2.45) is 11.8 Å². The number of fused-ring (bicyclic) bond motifs is 2. The van der Waals surface area contributed by atoms with Crippen LogP contribution in [0.15, 0.2) is 0 Å². The highest BCUT2D eigenvalue weighted by atomic mass is 16.1. The van der Waals surface area contributed by atoms with Crippen LogP contribution >= 0.6 is 0 Å². The smallest absolute Gasteiger partial charge is 0.141 e. The first kappa shape index (κ1) is 8.24. The molecule has 3 fully saturated rings. The Balaban J connectivity index is 1.79. The van der Waals surface area contributed by atoms with Gasteiger partial charge in [-0.25, -0.2) is 0 Å². The summed E-state index contributed by atoms with van der Waals surface area (Å²) < 4.78 is 0. The van der Waals surface area contributed by atoms with E-state index in [4.69, 9.17) is 0 Å². The van der Waals surface area contributed by atoms with Gasteiger partial charge < -0.3 is 4.90 Å². The Hall–Kier alpha value is -0.370. The van der Waals surface area contributed by atoms with Crippen molar-refractivity contribution in [3.63, 3.8) is 0 Å². The number of hydrogen-bond acceptors (Lipinski definition) is 2. The highest BCUT2D eigenvalue weighted by Crippen LogP contribution is 2.35. The van der Waals surface area contributed by atoms with Crippen LogP contribution in [0.2, 0.25) is 0 Å². The Morgan fingerprint density at radius 1 is 1.42 bits per heavy atom. The molecule has 3 aliphatic rings. The third-order valence-corrected chi connectivity index (χ3v) is 3.16. The number of Topliss-reactive ketones (excluding diaryl/α,β-unsaturated/α-hetero) is 1. The summed E-state index contributed by atoms with van der Waals surface area (Å²) in [6.45, 7) is 5.53. The molecular formula is C10H17NO. The van der Waals surface area contributed by atoms with Gasteiger partial charge in [0.25, 0.3) is 0 Å². The number of hydrogen-bond donors (Lipinski definition) is 0. The van der Waals surface area contributed by atoms with E-state index in [1.807, 2.05) is 0 Å². The lowest BCUT2D eigenvalue weighted by atomic mass is 9.70. The molecule has 0 unspecified atom stereocenters. The average molecular weight is 167 g/mol. The molecule has 2 aliphatic heterocycles. The zero-order valence-corrected chi connectivity index (χ0v) is 7.75. The van der Waals surface area contributed by atoms with Crippen molar-refractivity contribution in [2.75, 3.05) is 19.6 Å². The number of nitrogens with zero attached hydrogens (tertiary/aromatic N) is 1. The zero-order chi connectivity index (χ0) is 8.55. The van der Waals surface area contributed by atoms with E-state index in [1.54, 1.807) is 0 Å². The second kappa shape index (κ2) is 3.17. The summed E-state index contributed by atoms with van der Waals surface area (Å²) in [4.78, 5) is 13.7. The van der Waals surface area contributed by atoms with Crippen molar-refractivity contribution >= 4 is 5.78 Å². The molecule has 2 heteroatoms. The molecule has 0 radical (unpaired) electrons. The predicted octanol–water partition coefficient (Wildman–Crippen LogP) is 1.31. The lowest BCUT2D eigenvalue weighted by Gasteiger charge is -2.45. The second-order valence-electron chi connectivity index (χ2n) is 4.15. The van der Waals surface area contributed by atoms with Crippen molar-refractivity contribution in [2.45, 2.75) is 26.2 Å². The molecule has 12 heavy (non-hydrogen) atoms. The Morgan fingerprint density at radius 3 is 2.58 bits per heavy atom. The van der Waals surface area contributed by atoms with Gasteiger partial charge in [-0.2, -0.15) is 0 Å². The van der Waals surface area contributed by atoms with Crippen LogP contribution in [-0.2, 0) is 4.79 Å². The number of unbranched alkanes of at least 4 members (excludes halogenated alkanes) is 1. The van der Waals surface area contributed by atoms with Crippen molar-refractivity contribution in [1.29, 1.82) is 0 Å². The molecule has 0 aromatic heterocycles. The summed E-state index contributed by atoms with van der Waals surface area (Å²) in [6, 6.07) is 0. The average Bonchev–Trinajstić information content (AvgIpc) is 2.14. The maximum absolute atomic E-state index is 11.2. The number of ketones is 1. The Morgan fingerprint density at radius 2 is 2.08 bits per heavy atom. The fourth-order valence-electron chi connectivity index (χ4n) is 2.34. The Bertz CT molecular complexity index is 176. The summed E-state index contributed by atoms with van der Waals surface area (Å²) in [7, 11) is 0. The Labute approximate surface area is 73.9 Å². The molecule has 3 rings (SSSR count). The van der Waals surface area contributed by atoms with Crippen molar-refractivity contribution < 1.29 is 4.79 Å². The quantitative estimate of drug-likeness (QED) is 0.631. The maximum Gasteiger partial charge on any atom is 0.141 e. The lowest BCUT2D eigenvalue weighted by Crippen LogP contribution is -2.55. The molecule has 1 saturated carbocycles. The summed E-state index contributed by atoms with van der Waals surface area (Å²) in [5.74, 6) is 1.38. The van der Waals surface area contributed by atoms with Crippen LogP contribution in [0.5, 0.6) is 0 Å². The normalized spacial score (nSPS) is 34.9. The van der Waals surface area contributed by atoms with Gasteiger partial charge in [0.2, 0.25) is 0 Å². The first-order chi connectivity index (χ1) is 5.81. The van der Waals surface area contributed by atoms with Crippen LogP contribution in [0, 0.1) is 11.8 Å². The van der Waals surface area contributed by atoms with E-state index in [1.165, 1.54) is 25.8 Å². The van der Waals surface area contributed by atoms with E-state index in [2.05, 4.69) is 11.8 Å². The molecule has 2 saturated heterocycles. The molecule has 2 nitrogen and oxygen atoms in total. The number of carbonyl (C=O) groups excluding carboxylic acids is 1. The van der Waals surface area contributed by atoms with Gasteiger partial charge in [0.1, 0.15) is 5.78 Å². The fraction of sp³-hybridized carbons (Fsp3) is 0.900. The van der Waals surface area contributed by atoms with E-state index < -0.39 is 0 Å². The zero-order valence-electron chi connectivity index (χ0n) is 7.75. The lowest BCUT2D eigenvalue weighted by molar-refractivity contribution is -0.143. The molecule has 0 aromatic carbocycles. The standard InChI is InChI=1S/C10H17NO/c1-2-3-4-11-6-8-5-9(7-11)10(8)12/h8-9H,2-7H2,1H3/t8-,9-/m0/s1. The van der Waals surface area contributed by atoms with Gasteiger partial charge in [-0.1, -0.05) is 13.3 Å². The van der Waals surface area contributed by atoms with Crippen LogP contribution in [0.3, 0.4) is 0 Å². The van der Waals surface area contributed by atoms with E-state index in [-0.39, 0.29) is 0 Å². The van der Waals surface area contributed by atoms with Gasteiger partial charge in [-0.3, -0.25) is 4.79 Å². The molecule has 2 heterocycles. The first-order valence-electron chi connectivity index (χ1n) is 5.07. The van der Waals surface area contributed by atoms with Crippen LogP contribution in [-0.4, -0.2) is 30.3 Å². The summed E-state index contributed by atoms with van der Waals surface area (Å²) in [6.07, 6.45) is 3.73. The number of carbonyl (C=O) groups is 1. The third kappa shape index (κ3) is 1.28. The van der Waals surface area contributed by atoms with Gasteiger partial charge in [-0.05, 0) is 19.4 Å². The van der Waals surface area contributed by atoms with Crippen LogP contribution < -0.4 is 0 Å². The SMILES string of the molecule is CCCCN1C[C@@H]2C[C@@H](C1)C2=O. The maximum atomic E-state index is 11.2. The highest BCUT2D eigenvalue weighted by molar-refractivity contribution is 5.90. The van der Waals surface area contributed by atoms with Crippen LogP contribution in [0.4, 0.5) is 0 Å². The molecular weight excluding hydrogens is 150 g/mol. The molecule has 2 atom stereocenters. The minimum absolute atomic E-state index is 0.417. The van der Waals surface area contributed by atoms with Gasteiger partial charge in [0.05, 0.1) is 0 Å². The third-order valence-electron chi connectivity index (χ3n) is 3.16.